The summed E-state index contributed by atoms with van der Waals surface area (Å²) in [4.78, 5) is 12.4. The molecule has 0 bridgehead atoms. The summed E-state index contributed by atoms with van der Waals surface area (Å²) in [5.41, 5.74) is 0.883. The van der Waals surface area contributed by atoms with Crippen LogP contribution in [-0.2, 0) is 0 Å². The van der Waals surface area contributed by atoms with E-state index in [2.05, 4.69) is 0 Å². The summed E-state index contributed by atoms with van der Waals surface area (Å²) < 4.78 is 15.7. The number of fused-ring (bicyclic) bond motifs is 1. The van der Waals surface area contributed by atoms with Crippen LogP contribution in [0.2, 0.25) is 5.02 Å². The van der Waals surface area contributed by atoms with Gasteiger partial charge in [0.1, 0.15) is 10.7 Å². The first-order valence-electron chi connectivity index (χ1n) is 5.74. The van der Waals surface area contributed by atoms with E-state index in [1.165, 1.54) is 4.40 Å². The zero-order valence-corrected chi connectivity index (χ0v) is 10.6. The third kappa shape index (κ3) is 1.83. The molecule has 0 fully saturated rings. The highest BCUT2D eigenvalue weighted by molar-refractivity contribution is 6.35. The quantitative estimate of drug-likeness (QED) is 0.648. The molecular formula is C15H9ClFNO. The Bertz CT molecular complexity index is 764. The van der Waals surface area contributed by atoms with Crippen molar-refractivity contribution in [1.82, 2.24) is 4.40 Å². The number of hydrogen-bond donors (Lipinski definition) is 0. The van der Waals surface area contributed by atoms with E-state index in [4.69, 9.17) is 11.6 Å². The van der Waals surface area contributed by atoms with Crippen LogP contribution in [0.1, 0.15) is 16.1 Å². The number of ketones is 1. The van der Waals surface area contributed by atoms with Crippen molar-refractivity contribution in [2.45, 2.75) is 0 Å². The minimum Gasteiger partial charge on any atom is -0.310 e. The van der Waals surface area contributed by atoms with Crippen molar-refractivity contribution >= 4 is 22.9 Å². The van der Waals surface area contributed by atoms with Crippen LogP contribution in [0.3, 0.4) is 0 Å². The molecule has 0 N–H and O–H groups in total. The molecule has 0 saturated heterocycles. The second-order valence-corrected chi connectivity index (χ2v) is 4.51. The maximum Gasteiger partial charge on any atom is 0.212 e. The van der Waals surface area contributed by atoms with Gasteiger partial charge in [-0.15, -0.1) is 0 Å². The minimum absolute atomic E-state index is 0.0279. The van der Waals surface area contributed by atoms with Crippen molar-refractivity contribution in [2.75, 3.05) is 0 Å². The Balaban J connectivity index is 2.26. The Kier molecular flexibility index (Phi) is 2.84. The number of benzene rings is 1. The first-order chi connectivity index (χ1) is 9.20. The van der Waals surface area contributed by atoms with E-state index in [1.807, 2.05) is 0 Å². The fourth-order valence-electron chi connectivity index (χ4n) is 2.07. The van der Waals surface area contributed by atoms with E-state index in [0.29, 0.717) is 11.1 Å². The molecule has 0 spiro atoms. The van der Waals surface area contributed by atoms with E-state index in [1.54, 1.807) is 54.7 Å². The van der Waals surface area contributed by atoms with E-state index in [-0.39, 0.29) is 16.5 Å². The fourth-order valence-corrected chi connectivity index (χ4v) is 2.32. The smallest absolute Gasteiger partial charge is 0.212 e. The molecule has 0 unspecified atom stereocenters. The van der Waals surface area contributed by atoms with Crippen LogP contribution in [-0.4, -0.2) is 10.2 Å². The first kappa shape index (κ1) is 11.9. The van der Waals surface area contributed by atoms with Crippen molar-refractivity contribution in [1.29, 1.82) is 0 Å². The van der Waals surface area contributed by atoms with Crippen LogP contribution < -0.4 is 0 Å². The van der Waals surface area contributed by atoms with Gasteiger partial charge in [0.25, 0.3) is 0 Å². The van der Waals surface area contributed by atoms with Gasteiger partial charge < -0.3 is 4.40 Å². The van der Waals surface area contributed by atoms with Crippen molar-refractivity contribution in [2.24, 2.45) is 0 Å². The molecule has 0 aliphatic heterocycles. The number of carbonyl (C=O) groups excluding carboxylic acids is 1. The van der Waals surface area contributed by atoms with Gasteiger partial charge in [-0.3, -0.25) is 4.79 Å². The number of pyridine rings is 1. The molecule has 0 amide bonds. The third-order valence-electron chi connectivity index (χ3n) is 2.98. The van der Waals surface area contributed by atoms with Gasteiger partial charge in [0.15, 0.2) is 5.82 Å². The third-order valence-corrected chi connectivity index (χ3v) is 3.34. The SMILES string of the molecule is O=C(c1ccccc1)c1c(F)c(Cl)c2ccccn12. The Morgan fingerprint density at radius 3 is 2.47 bits per heavy atom. The Morgan fingerprint density at radius 1 is 1.05 bits per heavy atom. The minimum atomic E-state index is -0.679. The Labute approximate surface area is 114 Å². The number of hydrogen-bond acceptors (Lipinski definition) is 1. The summed E-state index contributed by atoms with van der Waals surface area (Å²) in [7, 11) is 0. The predicted octanol–water partition coefficient (Wildman–Crippen LogP) is 3.96. The molecule has 0 radical (unpaired) electrons. The van der Waals surface area contributed by atoms with E-state index in [0.717, 1.165) is 0 Å². The molecule has 3 aromatic rings. The lowest BCUT2D eigenvalue weighted by atomic mass is 10.1. The van der Waals surface area contributed by atoms with Gasteiger partial charge in [0, 0.05) is 11.8 Å². The summed E-state index contributed by atoms with van der Waals surface area (Å²) in [5.74, 6) is -1.06. The lowest BCUT2D eigenvalue weighted by Gasteiger charge is -2.02. The molecule has 0 atom stereocenters. The van der Waals surface area contributed by atoms with Crippen LogP contribution in [0.4, 0.5) is 4.39 Å². The van der Waals surface area contributed by atoms with E-state index in [9.17, 15) is 9.18 Å². The molecule has 0 aliphatic carbocycles. The molecule has 2 nitrogen and oxygen atoms in total. The second kappa shape index (κ2) is 4.52. The highest BCUT2D eigenvalue weighted by Crippen LogP contribution is 2.28. The Morgan fingerprint density at radius 2 is 1.74 bits per heavy atom. The predicted molar refractivity (Wildman–Crippen MR) is 72.2 cm³/mol. The lowest BCUT2D eigenvalue weighted by Crippen LogP contribution is -2.06. The van der Waals surface area contributed by atoms with Crippen LogP contribution in [0.25, 0.3) is 5.52 Å². The van der Waals surface area contributed by atoms with Gasteiger partial charge in [0.05, 0.1) is 5.52 Å². The van der Waals surface area contributed by atoms with Crippen LogP contribution in [0.5, 0.6) is 0 Å². The zero-order chi connectivity index (χ0) is 13.4. The first-order valence-corrected chi connectivity index (χ1v) is 6.11. The van der Waals surface area contributed by atoms with Gasteiger partial charge in [-0.2, -0.15) is 0 Å². The van der Waals surface area contributed by atoms with Crippen LogP contribution >= 0.6 is 11.6 Å². The topological polar surface area (TPSA) is 21.5 Å². The van der Waals surface area contributed by atoms with Crippen molar-refractivity contribution in [3.05, 3.63) is 76.8 Å². The van der Waals surface area contributed by atoms with E-state index >= 15 is 0 Å². The lowest BCUT2D eigenvalue weighted by molar-refractivity contribution is 0.102. The maximum absolute atomic E-state index is 14.2. The molecule has 4 heteroatoms. The molecule has 3 rings (SSSR count). The van der Waals surface area contributed by atoms with Crippen LogP contribution in [0.15, 0.2) is 54.7 Å². The average molecular weight is 274 g/mol. The van der Waals surface area contributed by atoms with Gasteiger partial charge in [-0.1, -0.05) is 48.0 Å². The summed E-state index contributed by atoms with van der Waals surface area (Å²) >= 11 is 5.93. The van der Waals surface area contributed by atoms with Crippen molar-refractivity contribution in [3.8, 4) is 0 Å². The highest BCUT2D eigenvalue weighted by Gasteiger charge is 2.23. The van der Waals surface area contributed by atoms with Crippen molar-refractivity contribution < 1.29 is 9.18 Å². The summed E-state index contributed by atoms with van der Waals surface area (Å²) in [6, 6.07) is 13.7. The molecule has 2 heterocycles. The van der Waals surface area contributed by atoms with Crippen LogP contribution in [0, 0.1) is 5.82 Å². The van der Waals surface area contributed by atoms with Gasteiger partial charge in [-0.05, 0) is 12.1 Å². The molecule has 1 aromatic carbocycles. The summed E-state index contributed by atoms with van der Waals surface area (Å²) in [5, 5.41) is -0.0279. The molecule has 2 aromatic heterocycles. The molecule has 19 heavy (non-hydrogen) atoms. The molecule has 0 saturated carbocycles. The average Bonchev–Trinajstić information content (AvgIpc) is 2.72. The number of rotatable bonds is 2. The number of carbonyl (C=O) groups is 1. The number of halogens is 2. The monoisotopic (exact) mass is 273 g/mol. The number of nitrogens with zero attached hydrogens (tertiary/aromatic N) is 1. The van der Waals surface area contributed by atoms with Gasteiger partial charge in [-0.25, -0.2) is 4.39 Å². The maximum atomic E-state index is 14.2. The van der Waals surface area contributed by atoms with E-state index < -0.39 is 5.82 Å². The van der Waals surface area contributed by atoms with Gasteiger partial charge in [0.2, 0.25) is 5.78 Å². The second-order valence-electron chi connectivity index (χ2n) is 4.13. The fraction of sp³-hybridized carbons (Fsp3) is 0. The molecule has 0 aliphatic rings. The normalized spacial score (nSPS) is 10.8. The number of aromatic nitrogens is 1. The Hall–Kier alpha value is -2.13. The largest absolute Gasteiger partial charge is 0.310 e. The molecular weight excluding hydrogens is 265 g/mol. The zero-order valence-electron chi connectivity index (χ0n) is 9.81. The summed E-state index contributed by atoms with van der Waals surface area (Å²) in [6.07, 6.45) is 1.63. The van der Waals surface area contributed by atoms with Crippen molar-refractivity contribution in [3.63, 3.8) is 0 Å². The highest BCUT2D eigenvalue weighted by atomic mass is 35.5. The summed E-state index contributed by atoms with van der Waals surface area (Å²) in [6.45, 7) is 0. The standard InChI is InChI=1S/C15H9ClFNO/c16-12-11-8-4-5-9-18(11)14(13(12)17)15(19)10-6-2-1-3-7-10/h1-9H. The molecule has 94 valence electrons. The van der Waals surface area contributed by atoms with Gasteiger partial charge >= 0.3 is 0 Å².